The number of rotatable bonds is 4. The summed E-state index contributed by atoms with van der Waals surface area (Å²) in [7, 11) is -4.08. The van der Waals surface area contributed by atoms with E-state index in [0.717, 1.165) is 0 Å². The molecule has 0 aromatic rings. The van der Waals surface area contributed by atoms with Crippen LogP contribution in [0.15, 0.2) is 0 Å². The number of phosphoric acid groups is 1. The molecule has 0 fully saturated rings. The highest BCUT2D eigenvalue weighted by atomic mass is 35.5. The maximum absolute atomic E-state index is 11.1. The quantitative estimate of drug-likeness (QED) is 0.619. The second kappa shape index (κ2) is 4.19. The normalized spacial score (nSPS) is 17.2. The maximum atomic E-state index is 11.1. The third kappa shape index (κ3) is 3.13. The van der Waals surface area contributed by atoms with Crippen LogP contribution in [0.2, 0.25) is 0 Å². The standard InChI is InChI=1S/C2H5ClFO4P/c1-2-6-9(5,7-3)8-4/h2H2,1H3. The highest BCUT2D eigenvalue weighted by Gasteiger charge is 2.26. The summed E-state index contributed by atoms with van der Waals surface area (Å²) in [6.45, 7) is 1.48. The van der Waals surface area contributed by atoms with Gasteiger partial charge < -0.3 is 0 Å². The van der Waals surface area contributed by atoms with Crippen LogP contribution < -0.4 is 0 Å². The minimum absolute atomic E-state index is 0.00603. The van der Waals surface area contributed by atoms with E-state index >= 15 is 0 Å². The van der Waals surface area contributed by atoms with Crippen molar-refractivity contribution >= 4 is 19.7 Å². The largest absolute Gasteiger partial charge is 0.522 e. The molecule has 7 heteroatoms. The van der Waals surface area contributed by atoms with Crippen molar-refractivity contribution in [3.05, 3.63) is 0 Å². The van der Waals surface area contributed by atoms with E-state index in [1.807, 2.05) is 0 Å². The van der Waals surface area contributed by atoms with Crippen molar-refractivity contribution < 1.29 is 22.4 Å². The summed E-state index contributed by atoms with van der Waals surface area (Å²) in [6, 6.07) is 0. The van der Waals surface area contributed by atoms with Crippen molar-refractivity contribution in [2.24, 2.45) is 0 Å². The first-order valence-corrected chi connectivity index (χ1v) is 3.80. The predicted molar refractivity (Wildman–Crippen MR) is 28.4 cm³/mol. The van der Waals surface area contributed by atoms with Crippen LogP contribution in [0.4, 0.5) is 4.53 Å². The summed E-state index contributed by atoms with van der Waals surface area (Å²) in [5.74, 6) is 0. The average Bonchev–Trinajstić information content (AvgIpc) is 1.89. The first-order valence-electron chi connectivity index (χ1n) is 2.03. The molecule has 0 saturated carbocycles. The minimum Gasteiger partial charge on any atom is -0.285 e. The SMILES string of the molecule is CCOP(=O)(OF)OCl. The lowest BCUT2D eigenvalue weighted by Crippen LogP contribution is -1.88. The summed E-state index contributed by atoms with van der Waals surface area (Å²) in [5, 5.41) is 0. The van der Waals surface area contributed by atoms with Crippen molar-refractivity contribution in [2.45, 2.75) is 6.92 Å². The lowest BCUT2D eigenvalue weighted by atomic mass is 10.9. The summed E-state index contributed by atoms with van der Waals surface area (Å²) in [5.41, 5.74) is 0. The van der Waals surface area contributed by atoms with Gasteiger partial charge in [0.25, 0.3) is 0 Å². The molecule has 0 rings (SSSR count). The molecule has 0 saturated heterocycles. The van der Waals surface area contributed by atoms with E-state index in [9.17, 15) is 9.09 Å². The lowest BCUT2D eigenvalue weighted by molar-refractivity contribution is -0.0434. The Hall–Kier alpha value is 0.330. The van der Waals surface area contributed by atoms with Gasteiger partial charge in [0.05, 0.1) is 18.5 Å². The first kappa shape index (κ1) is 9.33. The molecule has 0 amide bonds. The van der Waals surface area contributed by atoms with E-state index in [-0.39, 0.29) is 6.61 Å². The Labute approximate surface area is 56.5 Å². The molecule has 4 nitrogen and oxygen atoms in total. The van der Waals surface area contributed by atoms with Crippen LogP contribution in [0.1, 0.15) is 6.92 Å². The molecule has 0 bridgehead atoms. The maximum Gasteiger partial charge on any atom is 0.522 e. The second-order valence-corrected chi connectivity index (χ2v) is 2.85. The topological polar surface area (TPSA) is 44.8 Å². The van der Waals surface area contributed by atoms with Crippen molar-refractivity contribution in [1.29, 1.82) is 0 Å². The third-order valence-corrected chi connectivity index (χ3v) is 1.88. The third-order valence-electron chi connectivity index (χ3n) is 0.456. The average molecular weight is 178 g/mol. The Morgan fingerprint density at radius 1 is 1.78 bits per heavy atom. The summed E-state index contributed by atoms with van der Waals surface area (Å²) >= 11 is 4.53. The summed E-state index contributed by atoms with van der Waals surface area (Å²) in [4.78, 5) is 0. The Morgan fingerprint density at radius 3 is 2.44 bits per heavy atom. The molecule has 0 aliphatic heterocycles. The fourth-order valence-corrected chi connectivity index (χ4v) is 0.809. The molecule has 0 aromatic heterocycles. The van der Waals surface area contributed by atoms with Crippen LogP contribution in [0.3, 0.4) is 0 Å². The van der Waals surface area contributed by atoms with Crippen molar-refractivity contribution in [3.8, 4) is 0 Å². The molecule has 9 heavy (non-hydrogen) atoms. The van der Waals surface area contributed by atoms with Gasteiger partial charge in [-0.25, -0.2) is 4.57 Å². The van der Waals surface area contributed by atoms with Gasteiger partial charge in [0, 0.05) is 0 Å². The van der Waals surface area contributed by atoms with Gasteiger partial charge in [0.2, 0.25) is 0 Å². The van der Waals surface area contributed by atoms with Crippen LogP contribution in [0.25, 0.3) is 0 Å². The number of hydrogen-bond acceptors (Lipinski definition) is 4. The molecule has 0 aromatic carbocycles. The molecule has 0 aliphatic carbocycles. The van der Waals surface area contributed by atoms with E-state index < -0.39 is 7.82 Å². The van der Waals surface area contributed by atoms with Crippen molar-refractivity contribution in [2.75, 3.05) is 6.61 Å². The molecular weight excluding hydrogens is 173 g/mol. The van der Waals surface area contributed by atoms with E-state index in [1.165, 1.54) is 6.92 Å². The molecule has 0 aliphatic rings. The van der Waals surface area contributed by atoms with Gasteiger partial charge in [0.1, 0.15) is 0 Å². The van der Waals surface area contributed by atoms with Crippen LogP contribution in [-0.4, -0.2) is 6.61 Å². The Kier molecular flexibility index (Phi) is 4.35. The monoisotopic (exact) mass is 178 g/mol. The van der Waals surface area contributed by atoms with Crippen LogP contribution >= 0.6 is 19.7 Å². The predicted octanol–water partition coefficient (Wildman–Crippen LogP) is 2.20. The second-order valence-electron chi connectivity index (χ2n) is 1.00. The van der Waals surface area contributed by atoms with Gasteiger partial charge in [-0.1, -0.05) is 4.73 Å². The fourth-order valence-electron chi connectivity index (χ4n) is 0.209. The Bertz CT molecular complexity index is 111. The minimum atomic E-state index is -4.08. The van der Waals surface area contributed by atoms with E-state index in [1.54, 1.807) is 0 Å². The van der Waals surface area contributed by atoms with Crippen molar-refractivity contribution in [1.82, 2.24) is 0 Å². The van der Waals surface area contributed by atoms with Crippen LogP contribution in [0.5, 0.6) is 0 Å². The summed E-state index contributed by atoms with van der Waals surface area (Å²) in [6.07, 6.45) is 0. The molecule has 0 radical (unpaired) electrons. The number of halogens is 2. The molecule has 0 N–H and O–H groups in total. The van der Waals surface area contributed by atoms with E-state index in [2.05, 4.69) is 25.2 Å². The molecule has 1 unspecified atom stereocenters. The molecule has 0 spiro atoms. The zero-order valence-corrected chi connectivity index (χ0v) is 6.19. The molecule has 0 heterocycles. The van der Waals surface area contributed by atoms with E-state index in [0.29, 0.717) is 0 Å². The van der Waals surface area contributed by atoms with Crippen LogP contribution in [-0.2, 0) is 17.9 Å². The first-order chi connectivity index (χ1) is 4.18. The van der Waals surface area contributed by atoms with Gasteiger partial charge in [-0.15, -0.1) is 0 Å². The highest BCUT2D eigenvalue weighted by molar-refractivity contribution is 7.49. The van der Waals surface area contributed by atoms with E-state index in [4.69, 9.17) is 0 Å². The highest BCUT2D eigenvalue weighted by Crippen LogP contribution is 2.50. The Morgan fingerprint density at radius 2 is 2.33 bits per heavy atom. The van der Waals surface area contributed by atoms with Gasteiger partial charge in [-0.05, 0) is 11.4 Å². The molecule has 1 atom stereocenters. The van der Waals surface area contributed by atoms with Gasteiger partial charge in [-0.3, -0.25) is 4.52 Å². The number of hydrogen-bond donors (Lipinski definition) is 0. The summed E-state index contributed by atoms with van der Waals surface area (Å²) < 4.78 is 32.0. The van der Waals surface area contributed by atoms with Crippen LogP contribution in [0, 0.1) is 0 Å². The van der Waals surface area contributed by atoms with Gasteiger partial charge >= 0.3 is 7.82 Å². The zero-order valence-electron chi connectivity index (χ0n) is 4.54. The lowest BCUT2D eigenvalue weighted by Gasteiger charge is -2.04. The Balaban J connectivity index is 3.78. The van der Waals surface area contributed by atoms with Crippen molar-refractivity contribution in [3.63, 3.8) is 0 Å². The smallest absolute Gasteiger partial charge is 0.285 e. The molecule has 56 valence electrons. The fraction of sp³-hybridized carbons (Fsp3) is 1.00. The van der Waals surface area contributed by atoms with Gasteiger partial charge in [-0.2, -0.15) is 4.08 Å². The van der Waals surface area contributed by atoms with Gasteiger partial charge in [0.15, 0.2) is 0 Å². The zero-order chi connectivity index (χ0) is 7.33. The molecular formula is C2H5ClFO4P.